The van der Waals surface area contributed by atoms with Crippen LogP contribution in [-0.4, -0.2) is 52.2 Å². The molecule has 1 aromatic heterocycles. The molecule has 0 bridgehead atoms. The summed E-state index contributed by atoms with van der Waals surface area (Å²) in [6.07, 6.45) is 0. The number of hydrogen-bond acceptors (Lipinski definition) is 6. The number of carbonyl (C=O) groups excluding carboxylic acids is 2. The lowest BCUT2D eigenvalue weighted by Crippen LogP contribution is -2.51. The van der Waals surface area contributed by atoms with Crippen molar-refractivity contribution in [2.45, 2.75) is 19.5 Å². The summed E-state index contributed by atoms with van der Waals surface area (Å²) in [6.45, 7) is 3.45. The van der Waals surface area contributed by atoms with Gasteiger partial charge in [-0.3, -0.25) is 14.4 Å². The number of nitriles is 1. The molecule has 1 aliphatic heterocycles. The highest BCUT2D eigenvalue weighted by molar-refractivity contribution is 6.30. The summed E-state index contributed by atoms with van der Waals surface area (Å²) in [5, 5.41) is 20.2. The second kappa shape index (κ2) is 10.5. The summed E-state index contributed by atoms with van der Waals surface area (Å²) in [6, 6.07) is 16.6. The number of carbonyl (C=O) groups is 2. The first-order valence-corrected chi connectivity index (χ1v) is 11.4. The first-order valence-electron chi connectivity index (χ1n) is 11.0. The highest BCUT2D eigenvalue weighted by atomic mass is 35.5. The second-order valence-corrected chi connectivity index (χ2v) is 8.72. The maximum absolute atomic E-state index is 13.0. The third-order valence-corrected chi connectivity index (χ3v) is 5.80. The van der Waals surface area contributed by atoms with E-state index in [1.807, 2.05) is 13.0 Å². The Kier molecular flexibility index (Phi) is 7.25. The number of benzene rings is 2. The smallest absolute Gasteiger partial charge is 0.267 e. The number of aromatic nitrogens is 2. The molecule has 0 aliphatic carbocycles. The lowest BCUT2D eigenvalue weighted by molar-refractivity contribution is -0.117. The van der Waals surface area contributed by atoms with Gasteiger partial charge in [-0.15, -0.1) is 0 Å². The maximum atomic E-state index is 13.0. The molecule has 4 rings (SSSR count). The molecule has 10 heteroatoms. The van der Waals surface area contributed by atoms with Gasteiger partial charge in [-0.1, -0.05) is 23.7 Å². The molecule has 2 aromatic carbocycles. The van der Waals surface area contributed by atoms with Gasteiger partial charge in [0.1, 0.15) is 6.54 Å². The fourth-order valence-electron chi connectivity index (χ4n) is 3.86. The number of nitrogens with one attached hydrogen (secondary N) is 2. The lowest BCUT2D eigenvalue weighted by atomic mass is 10.1. The molecule has 2 heterocycles. The highest BCUT2D eigenvalue weighted by Gasteiger charge is 2.22. The van der Waals surface area contributed by atoms with Gasteiger partial charge in [0.15, 0.2) is 0 Å². The van der Waals surface area contributed by atoms with Gasteiger partial charge in [-0.2, -0.15) is 10.4 Å². The van der Waals surface area contributed by atoms with Crippen LogP contribution in [0.25, 0.3) is 11.3 Å². The molecule has 9 nitrogen and oxygen atoms in total. The van der Waals surface area contributed by atoms with E-state index in [9.17, 15) is 19.6 Å². The number of piperazine rings is 1. The Bertz CT molecular complexity index is 1360. The Labute approximate surface area is 206 Å². The molecule has 178 valence electrons. The van der Waals surface area contributed by atoms with E-state index in [-0.39, 0.29) is 24.1 Å². The molecular formula is C25H23ClN6O3. The van der Waals surface area contributed by atoms with Crippen LogP contribution in [0, 0.1) is 11.3 Å². The second-order valence-electron chi connectivity index (χ2n) is 8.29. The average Bonchev–Trinajstić information content (AvgIpc) is 2.85. The predicted molar refractivity (Wildman–Crippen MR) is 132 cm³/mol. The van der Waals surface area contributed by atoms with Crippen molar-refractivity contribution >= 4 is 29.1 Å². The molecule has 0 radical (unpaired) electrons. The van der Waals surface area contributed by atoms with E-state index in [1.54, 1.807) is 35.2 Å². The number of halogens is 1. The molecule has 35 heavy (non-hydrogen) atoms. The number of rotatable bonds is 5. The van der Waals surface area contributed by atoms with E-state index in [0.717, 1.165) is 10.2 Å². The Balaban J connectivity index is 1.52. The Morgan fingerprint density at radius 1 is 1.20 bits per heavy atom. The van der Waals surface area contributed by atoms with Gasteiger partial charge in [-0.25, -0.2) is 4.68 Å². The van der Waals surface area contributed by atoms with Gasteiger partial charge in [0.2, 0.25) is 5.91 Å². The van der Waals surface area contributed by atoms with Crippen molar-refractivity contribution in [3.8, 4) is 17.3 Å². The Hall–Kier alpha value is -4.00. The summed E-state index contributed by atoms with van der Waals surface area (Å²) in [7, 11) is 0. The van der Waals surface area contributed by atoms with E-state index < -0.39 is 11.5 Å². The Morgan fingerprint density at radius 2 is 1.97 bits per heavy atom. The van der Waals surface area contributed by atoms with Gasteiger partial charge >= 0.3 is 0 Å². The fourth-order valence-corrected chi connectivity index (χ4v) is 3.99. The molecule has 0 saturated carbocycles. The summed E-state index contributed by atoms with van der Waals surface area (Å²) in [5.41, 5.74) is 1.67. The quantitative estimate of drug-likeness (QED) is 0.567. The van der Waals surface area contributed by atoms with Crippen LogP contribution in [0.15, 0.2) is 59.4 Å². The highest BCUT2D eigenvalue weighted by Crippen LogP contribution is 2.19. The van der Waals surface area contributed by atoms with Crippen LogP contribution < -0.4 is 16.2 Å². The van der Waals surface area contributed by atoms with Crippen LogP contribution in [-0.2, 0) is 11.3 Å². The van der Waals surface area contributed by atoms with Gasteiger partial charge in [0.25, 0.3) is 11.5 Å². The molecule has 1 unspecified atom stereocenters. The molecule has 2 amide bonds. The number of hydrogen-bond donors (Lipinski definition) is 2. The average molecular weight is 491 g/mol. The van der Waals surface area contributed by atoms with Crippen molar-refractivity contribution < 1.29 is 9.59 Å². The van der Waals surface area contributed by atoms with Crippen LogP contribution in [0.2, 0.25) is 5.02 Å². The van der Waals surface area contributed by atoms with Crippen LogP contribution in [0.1, 0.15) is 22.8 Å². The summed E-state index contributed by atoms with van der Waals surface area (Å²) < 4.78 is 1.06. The van der Waals surface area contributed by atoms with Crippen LogP contribution in [0.3, 0.4) is 0 Å². The minimum atomic E-state index is -0.517. The van der Waals surface area contributed by atoms with Crippen molar-refractivity contribution in [3.63, 3.8) is 0 Å². The zero-order valence-corrected chi connectivity index (χ0v) is 19.7. The predicted octanol–water partition coefficient (Wildman–Crippen LogP) is 2.51. The van der Waals surface area contributed by atoms with E-state index in [1.165, 1.54) is 24.3 Å². The van der Waals surface area contributed by atoms with Gasteiger partial charge in [0.05, 0.1) is 17.3 Å². The van der Waals surface area contributed by atoms with Gasteiger partial charge in [-0.05, 0) is 43.3 Å². The fraction of sp³-hybridized carbons (Fsp3) is 0.240. The van der Waals surface area contributed by atoms with Crippen LogP contribution in [0.4, 0.5) is 5.69 Å². The summed E-state index contributed by atoms with van der Waals surface area (Å²) in [4.78, 5) is 39.7. The van der Waals surface area contributed by atoms with Crippen molar-refractivity contribution in [3.05, 3.63) is 81.1 Å². The first kappa shape index (κ1) is 24.1. The lowest BCUT2D eigenvalue weighted by Gasteiger charge is -2.32. The normalized spacial score (nSPS) is 15.3. The van der Waals surface area contributed by atoms with E-state index in [0.29, 0.717) is 41.6 Å². The number of anilines is 1. The molecule has 0 spiro atoms. The van der Waals surface area contributed by atoms with Crippen molar-refractivity contribution in [1.29, 1.82) is 5.26 Å². The topological polar surface area (TPSA) is 120 Å². The van der Waals surface area contributed by atoms with Crippen LogP contribution in [0.5, 0.6) is 0 Å². The minimum Gasteiger partial charge on any atom is -0.336 e. The molecule has 1 atom stereocenters. The molecule has 1 saturated heterocycles. The first-order chi connectivity index (χ1) is 16.8. The monoisotopic (exact) mass is 490 g/mol. The van der Waals surface area contributed by atoms with Crippen molar-refractivity contribution in [2.24, 2.45) is 0 Å². The number of nitrogens with zero attached hydrogens (tertiary/aromatic N) is 4. The molecule has 1 aliphatic rings. The maximum Gasteiger partial charge on any atom is 0.267 e. The van der Waals surface area contributed by atoms with E-state index in [4.69, 9.17) is 11.6 Å². The summed E-state index contributed by atoms with van der Waals surface area (Å²) >= 11 is 5.93. The number of amides is 2. The largest absolute Gasteiger partial charge is 0.336 e. The van der Waals surface area contributed by atoms with Crippen LogP contribution >= 0.6 is 11.6 Å². The molecule has 3 aromatic rings. The zero-order valence-electron chi connectivity index (χ0n) is 19.0. The Morgan fingerprint density at radius 3 is 2.69 bits per heavy atom. The van der Waals surface area contributed by atoms with Crippen molar-refractivity contribution in [2.75, 3.05) is 25.0 Å². The van der Waals surface area contributed by atoms with E-state index in [2.05, 4.69) is 15.7 Å². The van der Waals surface area contributed by atoms with Gasteiger partial charge < -0.3 is 15.5 Å². The molecular weight excluding hydrogens is 468 g/mol. The van der Waals surface area contributed by atoms with Gasteiger partial charge in [0, 0.05) is 53.6 Å². The SMILES string of the molecule is CC1CN(C(=O)c2cc(C#N)cc(NC(=O)Cn3nc(-c4ccc(Cl)cc4)ccc3=O)c2)CCN1. The molecule has 1 fully saturated rings. The minimum absolute atomic E-state index is 0.167. The summed E-state index contributed by atoms with van der Waals surface area (Å²) in [5.74, 6) is -0.725. The van der Waals surface area contributed by atoms with Crippen molar-refractivity contribution in [1.82, 2.24) is 20.0 Å². The van der Waals surface area contributed by atoms with E-state index >= 15 is 0 Å². The third-order valence-electron chi connectivity index (χ3n) is 5.55. The third kappa shape index (κ3) is 5.93. The zero-order chi connectivity index (χ0) is 24.9. The standard InChI is InChI=1S/C25H23ClN6O3/c1-16-14-31(9-8-28-16)25(35)19-10-17(13-27)11-21(12-19)29-23(33)15-32-24(34)7-6-22(30-32)18-2-4-20(26)5-3-18/h2-7,10-12,16,28H,8-9,14-15H2,1H3,(H,29,33). The molecule has 2 N–H and O–H groups in total.